The Hall–Kier alpha value is -1.59. The van der Waals surface area contributed by atoms with Crippen LogP contribution in [-0.4, -0.2) is 42.3 Å². The molecule has 1 aromatic carbocycles. The van der Waals surface area contributed by atoms with Crippen molar-refractivity contribution in [1.29, 1.82) is 0 Å². The number of carbonyl (C=O) groups excluding carboxylic acids is 1. The molecule has 4 atom stereocenters. The topological polar surface area (TPSA) is 67.8 Å². The summed E-state index contributed by atoms with van der Waals surface area (Å²) in [5.74, 6) is 1.45. The summed E-state index contributed by atoms with van der Waals surface area (Å²) >= 11 is 0. The zero-order valence-electron chi connectivity index (χ0n) is 12.5. The second kappa shape index (κ2) is 3.84. The summed E-state index contributed by atoms with van der Waals surface area (Å²) in [5, 5.41) is 15.0. The van der Waals surface area contributed by atoms with E-state index in [0.29, 0.717) is 24.3 Å². The summed E-state index contributed by atoms with van der Waals surface area (Å²) in [6.07, 6.45) is 1.83. The molecule has 0 radical (unpaired) electrons. The van der Waals surface area contributed by atoms with Crippen LogP contribution in [0.1, 0.15) is 30.4 Å². The maximum atomic E-state index is 12.6. The third kappa shape index (κ3) is 1.16. The Bertz CT molecular complexity index is 702. The number of benzene rings is 1. The molecule has 1 saturated heterocycles. The Balaban J connectivity index is 1.87. The maximum Gasteiger partial charge on any atom is 0.174 e. The van der Waals surface area contributed by atoms with Crippen molar-refractivity contribution in [3.8, 4) is 11.5 Å². The maximum absolute atomic E-state index is 12.6. The van der Waals surface area contributed by atoms with E-state index in [1.54, 1.807) is 7.11 Å². The minimum Gasteiger partial charge on any atom is -0.493 e. The molecular formula is C17H19NO4. The number of nitrogens with one attached hydrogen (secondary N) is 1. The summed E-state index contributed by atoms with van der Waals surface area (Å²) in [5.41, 5.74) is 0.699. The van der Waals surface area contributed by atoms with Crippen LogP contribution < -0.4 is 14.8 Å². The summed E-state index contributed by atoms with van der Waals surface area (Å²) in [4.78, 5) is 12.6. The standard InChI is InChI=1S/C17H19NO4/c1-21-11-3-2-9-8-12-17(20)5-4-10(19)15-16(17,6-7-18-12)13(9)14(11)22-15/h2-3,12,15,18,20H,4-8H2,1H3/t12?,15-,16-,17+/m1/s1. The van der Waals surface area contributed by atoms with Crippen molar-refractivity contribution < 1.29 is 19.4 Å². The molecule has 2 N–H and O–H groups in total. The third-order valence-corrected chi connectivity index (χ3v) is 6.29. The Labute approximate surface area is 128 Å². The average Bonchev–Trinajstić information content (AvgIpc) is 2.85. The first-order valence-corrected chi connectivity index (χ1v) is 7.97. The molecule has 5 heteroatoms. The lowest BCUT2D eigenvalue weighted by molar-refractivity contribution is -0.166. The van der Waals surface area contributed by atoms with Crippen LogP contribution in [0.3, 0.4) is 0 Å². The molecule has 2 aliphatic carbocycles. The smallest absolute Gasteiger partial charge is 0.174 e. The van der Waals surface area contributed by atoms with Gasteiger partial charge in [-0.2, -0.15) is 0 Å². The van der Waals surface area contributed by atoms with Gasteiger partial charge in [0.1, 0.15) is 0 Å². The van der Waals surface area contributed by atoms with Gasteiger partial charge in [-0.3, -0.25) is 4.79 Å². The van der Waals surface area contributed by atoms with Gasteiger partial charge in [0.15, 0.2) is 23.4 Å². The molecule has 1 spiro atoms. The zero-order valence-corrected chi connectivity index (χ0v) is 12.5. The molecular weight excluding hydrogens is 282 g/mol. The second-order valence-corrected chi connectivity index (χ2v) is 6.95. The Morgan fingerprint density at radius 2 is 2.27 bits per heavy atom. The van der Waals surface area contributed by atoms with Crippen LogP contribution in [-0.2, 0) is 16.6 Å². The number of rotatable bonds is 1. The van der Waals surface area contributed by atoms with E-state index in [2.05, 4.69) is 11.4 Å². The fourth-order valence-electron chi connectivity index (χ4n) is 5.37. The quantitative estimate of drug-likeness (QED) is 0.799. The van der Waals surface area contributed by atoms with Crippen molar-refractivity contribution in [2.75, 3.05) is 13.7 Å². The first kappa shape index (κ1) is 12.9. The lowest BCUT2D eigenvalue weighted by atomic mass is 9.49. The number of hydrogen-bond donors (Lipinski definition) is 2. The van der Waals surface area contributed by atoms with E-state index in [4.69, 9.17) is 9.47 Å². The average molecular weight is 301 g/mol. The van der Waals surface area contributed by atoms with Crippen LogP contribution in [0, 0.1) is 0 Å². The number of Topliss-reactive ketones (excluding diaryl/α,β-unsaturated/α-hetero) is 1. The summed E-state index contributed by atoms with van der Waals surface area (Å²) in [6.45, 7) is 0.802. The highest BCUT2D eigenvalue weighted by Gasteiger charge is 2.71. The van der Waals surface area contributed by atoms with Crippen molar-refractivity contribution in [2.45, 2.75) is 48.8 Å². The van der Waals surface area contributed by atoms with Crippen LogP contribution in [0.25, 0.3) is 0 Å². The van der Waals surface area contributed by atoms with E-state index in [0.717, 1.165) is 24.9 Å². The molecule has 2 heterocycles. The van der Waals surface area contributed by atoms with E-state index < -0.39 is 17.1 Å². The van der Waals surface area contributed by atoms with Crippen LogP contribution in [0.2, 0.25) is 0 Å². The minimum atomic E-state index is -0.908. The number of hydrogen-bond acceptors (Lipinski definition) is 5. The number of ether oxygens (including phenoxy) is 2. The zero-order chi connectivity index (χ0) is 15.1. The molecule has 1 aromatic rings. The molecule has 1 saturated carbocycles. The summed E-state index contributed by atoms with van der Waals surface area (Å²) < 4.78 is 11.6. The number of methoxy groups -OCH3 is 1. The van der Waals surface area contributed by atoms with E-state index in [-0.39, 0.29) is 11.8 Å². The predicted molar refractivity (Wildman–Crippen MR) is 78.4 cm³/mol. The SMILES string of the molecule is COc1ccc2c3c1O[C@@H]1C(=O)CC[C@]4(O)C(C2)NCC[C@@]314. The van der Waals surface area contributed by atoms with Crippen molar-refractivity contribution in [3.63, 3.8) is 0 Å². The molecule has 5 rings (SSSR count). The Kier molecular flexibility index (Phi) is 2.25. The van der Waals surface area contributed by atoms with E-state index in [1.165, 1.54) is 5.56 Å². The van der Waals surface area contributed by atoms with E-state index in [1.807, 2.05) is 6.07 Å². The Morgan fingerprint density at radius 3 is 3.09 bits per heavy atom. The molecule has 2 aliphatic heterocycles. The van der Waals surface area contributed by atoms with Crippen LogP contribution in [0.4, 0.5) is 0 Å². The van der Waals surface area contributed by atoms with Crippen molar-refractivity contribution in [3.05, 3.63) is 23.3 Å². The molecule has 116 valence electrons. The Morgan fingerprint density at radius 1 is 1.41 bits per heavy atom. The molecule has 0 aromatic heterocycles. The van der Waals surface area contributed by atoms with Gasteiger partial charge in [0, 0.05) is 18.0 Å². The molecule has 2 bridgehead atoms. The van der Waals surface area contributed by atoms with Crippen molar-refractivity contribution >= 4 is 5.78 Å². The fraction of sp³-hybridized carbons (Fsp3) is 0.588. The molecule has 5 nitrogen and oxygen atoms in total. The number of carbonyl (C=O) groups is 1. The molecule has 4 aliphatic rings. The van der Waals surface area contributed by atoms with Gasteiger partial charge >= 0.3 is 0 Å². The van der Waals surface area contributed by atoms with Crippen LogP contribution >= 0.6 is 0 Å². The summed E-state index contributed by atoms with van der Waals surface area (Å²) in [7, 11) is 1.61. The highest BCUT2D eigenvalue weighted by atomic mass is 16.5. The van der Waals surface area contributed by atoms with E-state index >= 15 is 0 Å². The normalized spacial score (nSPS) is 40.9. The molecule has 2 fully saturated rings. The summed E-state index contributed by atoms with van der Waals surface area (Å²) in [6, 6.07) is 3.96. The van der Waals surface area contributed by atoms with Gasteiger partial charge in [0.05, 0.1) is 18.1 Å². The minimum absolute atomic E-state index is 0.00713. The van der Waals surface area contributed by atoms with Crippen LogP contribution in [0.5, 0.6) is 11.5 Å². The molecule has 1 unspecified atom stereocenters. The first-order chi connectivity index (χ1) is 10.6. The molecule has 22 heavy (non-hydrogen) atoms. The predicted octanol–water partition coefficient (Wildman–Crippen LogP) is 0.706. The monoisotopic (exact) mass is 301 g/mol. The van der Waals surface area contributed by atoms with Crippen molar-refractivity contribution in [2.24, 2.45) is 0 Å². The number of aliphatic hydroxyl groups is 1. The first-order valence-electron chi connectivity index (χ1n) is 7.97. The van der Waals surface area contributed by atoms with Gasteiger partial charge in [-0.1, -0.05) is 6.07 Å². The fourth-order valence-corrected chi connectivity index (χ4v) is 5.37. The van der Waals surface area contributed by atoms with Crippen molar-refractivity contribution in [1.82, 2.24) is 5.32 Å². The van der Waals surface area contributed by atoms with Gasteiger partial charge in [0.25, 0.3) is 0 Å². The second-order valence-electron chi connectivity index (χ2n) is 6.95. The molecule has 0 amide bonds. The highest BCUT2D eigenvalue weighted by Crippen LogP contribution is 2.63. The number of piperidine rings is 1. The van der Waals surface area contributed by atoms with Crippen LogP contribution in [0.15, 0.2) is 12.1 Å². The lowest BCUT2D eigenvalue weighted by Gasteiger charge is -2.59. The number of ketones is 1. The van der Waals surface area contributed by atoms with Gasteiger partial charge in [-0.15, -0.1) is 0 Å². The van der Waals surface area contributed by atoms with E-state index in [9.17, 15) is 9.90 Å². The lowest BCUT2D eigenvalue weighted by Crippen LogP contribution is -2.76. The van der Waals surface area contributed by atoms with Gasteiger partial charge in [-0.25, -0.2) is 0 Å². The van der Waals surface area contributed by atoms with Gasteiger partial charge in [0.2, 0.25) is 0 Å². The van der Waals surface area contributed by atoms with Gasteiger partial charge < -0.3 is 19.9 Å². The third-order valence-electron chi connectivity index (χ3n) is 6.29. The van der Waals surface area contributed by atoms with Gasteiger partial charge in [-0.05, 0) is 37.4 Å². The largest absolute Gasteiger partial charge is 0.493 e. The highest BCUT2D eigenvalue weighted by molar-refractivity contribution is 5.90.